The van der Waals surface area contributed by atoms with E-state index in [1.807, 2.05) is 25.8 Å². The lowest BCUT2D eigenvalue weighted by Gasteiger charge is -2.08. The molecule has 0 aliphatic carbocycles. The van der Waals surface area contributed by atoms with Crippen molar-refractivity contribution in [1.82, 2.24) is 9.88 Å². The minimum absolute atomic E-state index is 0.129. The average Bonchev–Trinajstić information content (AvgIpc) is 2.21. The minimum atomic E-state index is -0.129. The SMILES string of the molecule is CCN(C)C=Nc1cc(Br)c(=O)[nH]c1C. The van der Waals surface area contributed by atoms with E-state index in [0.29, 0.717) is 4.47 Å². The van der Waals surface area contributed by atoms with Crippen molar-refractivity contribution in [1.29, 1.82) is 0 Å². The Morgan fingerprint density at radius 3 is 2.93 bits per heavy atom. The van der Waals surface area contributed by atoms with E-state index in [2.05, 4.69) is 25.9 Å². The maximum Gasteiger partial charge on any atom is 0.262 e. The monoisotopic (exact) mass is 271 g/mol. The van der Waals surface area contributed by atoms with Crippen LogP contribution < -0.4 is 5.56 Å². The summed E-state index contributed by atoms with van der Waals surface area (Å²) in [6.07, 6.45) is 1.74. The van der Waals surface area contributed by atoms with Crippen LogP contribution >= 0.6 is 15.9 Å². The van der Waals surface area contributed by atoms with Crippen molar-refractivity contribution in [2.45, 2.75) is 13.8 Å². The summed E-state index contributed by atoms with van der Waals surface area (Å²) in [6.45, 7) is 4.77. The molecule has 1 aromatic rings. The minimum Gasteiger partial charge on any atom is -0.366 e. The van der Waals surface area contributed by atoms with Crippen molar-refractivity contribution >= 4 is 28.0 Å². The first-order valence-electron chi connectivity index (χ1n) is 4.68. The fraction of sp³-hybridized carbons (Fsp3) is 0.400. The smallest absolute Gasteiger partial charge is 0.262 e. The van der Waals surface area contributed by atoms with E-state index < -0.39 is 0 Å². The van der Waals surface area contributed by atoms with Crippen LogP contribution in [-0.2, 0) is 0 Å². The summed E-state index contributed by atoms with van der Waals surface area (Å²) in [5.41, 5.74) is 1.40. The maximum absolute atomic E-state index is 11.2. The van der Waals surface area contributed by atoms with Gasteiger partial charge in [0.05, 0.1) is 16.5 Å². The van der Waals surface area contributed by atoms with Crippen molar-refractivity contribution < 1.29 is 0 Å². The van der Waals surface area contributed by atoms with Crippen LogP contribution in [0.4, 0.5) is 5.69 Å². The summed E-state index contributed by atoms with van der Waals surface area (Å²) in [7, 11) is 1.94. The molecule has 0 aliphatic rings. The Labute approximate surface area is 97.2 Å². The molecule has 0 spiro atoms. The van der Waals surface area contributed by atoms with Crippen LogP contribution in [0.15, 0.2) is 20.3 Å². The molecule has 5 heteroatoms. The molecule has 0 bridgehead atoms. The standard InChI is InChI=1S/C10H14BrN3O/c1-4-14(3)6-12-9-5-8(11)10(15)13-7(9)2/h5-6H,4H2,1-3H3,(H,13,15). The molecule has 0 unspecified atom stereocenters. The van der Waals surface area contributed by atoms with Crippen LogP contribution in [0.25, 0.3) is 0 Å². The highest BCUT2D eigenvalue weighted by atomic mass is 79.9. The fourth-order valence-electron chi connectivity index (χ4n) is 0.964. The lowest BCUT2D eigenvalue weighted by Crippen LogP contribution is -2.14. The van der Waals surface area contributed by atoms with Gasteiger partial charge in [-0.25, -0.2) is 4.99 Å². The lowest BCUT2D eigenvalue weighted by atomic mass is 10.3. The zero-order chi connectivity index (χ0) is 11.4. The van der Waals surface area contributed by atoms with Crippen LogP contribution in [0.3, 0.4) is 0 Å². The van der Waals surface area contributed by atoms with Gasteiger partial charge < -0.3 is 9.88 Å². The number of aromatic nitrogens is 1. The number of halogens is 1. The van der Waals surface area contributed by atoms with E-state index in [0.717, 1.165) is 17.9 Å². The van der Waals surface area contributed by atoms with Gasteiger partial charge in [-0.3, -0.25) is 4.79 Å². The van der Waals surface area contributed by atoms with Gasteiger partial charge in [0.1, 0.15) is 0 Å². The molecule has 15 heavy (non-hydrogen) atoms. The van der Waals surface area contributed by atoms with Gasteiger partial charge >= 0.3 is 0 Å². The molecule has 0 fully saturated rings. The van der Waals surface area contributed by atoms with Crippen molar-refractivity contribution in [3.05, 3.63) is 26.6 Å². The normalized spacial score (nSPS) is 10.9. The van der Waals surface area contributed by atoms with E-state index in [1.54, 1.807) is 12.4 Å². The van der Waals surface area contributed by atoms with E-state index in [9.17, 15) is 4.79 Å². The molecule has 0 saturated heterocycles. The molecular weight excluding hydrogens is 258 g/mol. The van der Waals surface area contributed by atoms with E-state index in [-0.39, 0.29) is 5.56 Å². The highest BCUT2D eigenvalue weighted by molar-refractivity contribution is 9.10. The number of hydrogen-bond acceptors (Lipinski definition) is 2. The Morgan fingerprint density at radius 2 is 2.33 bits per heavy atom. The molecule has 1 aromatic heterocycles. The van der Waals surface area contributed by atoms with E-state index >= 15 is 0 Å². The molecule has 1 heterocycles. The molecule has 0 saturated carbocycles. The first-order valence-corrected chi connectivity index (χ1v) is 5.47. The second-order valence-corrected chi connectivity index (χ2v) is 4.13. The molecule has 4 nitrogen and oxygen atoms in total. The third kappa shape index (κ3) is 3.20. The largest absolute Gasteiger partial charge is 0.366 e. The van der Waals surface area contributed by atoms with Crippen LogP contribution in [-0.4, -0.2) is 29.8 Å². The summed E-state index contributed by atoms with van der Waals surface area (Å²) in [6, 6.07) is 1.72. The number of nitrogens with one attached hydrogen (secondary N) is 1. The van der Waals surface area contributed by atoms with Crippen LogP contribution in [0.2, 0.25) is 0 Å². The lowest BCUT2D eigenvalue weighted by molar-refractivity contribution is 0.552. The summed E-state index contributed by atoms with van der Waals surface area (Å²) in [5, 5.41) is 0. The maximum atomic E-state index is 11.2. The average molecular weight is 272 g/mol. The highest BCUT2D eigenvalue weighted by Crippen LogP contribution is 2.17. The molecule has 1 N–H and O–H groups in total. The van der Waals surface area contributed by atoms with Gasteiger partial charge in [-0.15, -0.1) is 0 Å². The van der Waals surface area contributed by atoms with Gasteiger partial charge in [-0.1, -0.05) is 0 Å². The van der Waals surface area contributed by atoms with Gasteiger partial charge in [-0.2, -0.15) is 0 Å². The Bertz CT molecular complexity index is 425. The predicted octanol–water partition coefficient (Wildman–Crippen LogP) is 2.06. The Hall–Kier alpha value is -1.10. The molecule has 0 aromatic carbocycles. The number of aromatic amines is 1. The third-order valence-electron chi connectivity index (χ3n) is 2.06. The summed E-state index contributed by atoms with van der Waals surface area (Å²) >= 11 is 3.17. The first-order chi connectivity index (χ1) is 7.04. The molecule has 0 radical (unpaired) electrons. The first kappa shape index (κ1) is 12.0. The van der Waals surface area contributed by atoms with Gasteiger partial charge in [0.15, 0.2) is 0 Å². The number of aliphatic imine (C=N–C) groups is 1. The quantitative estimate of drug-likeness (QED) is 0.676. The third-order valence-corrected chi connectivity index (χ3v) is 2.65. The second-order valence-electron chi connectivity index (χ2n) is 3.27. The van der Waals surface area contributed by atoms with Crippen molar-refractivity contribution in [2.24, 2.45) is 4.99 Å². The van der Waals surface area contributed by atoms with Gasteiger partial charge in [0, 0.05) is 19.3 Å². The zero-order valence-corrected chi connectivity index (χ0v) is 10.6. The Morgan fingerprint density at radius 1 is 1.67 bits per heavy atom. The summed E-state index contributed by atoms with van der Waals surface area (Å²) < 4.78 is 0.499. The van der Waals surface area contributed by atoms with Gasteiger partial charge in [0.2, 0.25) is 0 Å². The molecule has 1 rings (SSSR count). The number of rotatable bonds is 3. The van der Waals surface area contributed by atoms with Crippen molar-refractivity contribution in [3.8, 4) is 0 Å². The predicted molar refractivity (Wildman–Crippen MR) is 66.0 cm³/mol. The zero-order valence-electron chi connectivity index (χ0n) is 9.04. The van der Waals surface area contributed by atoms with Crippen LogP contribution in [0, 0.1) is 6.92 Å². The van der Waals surface area contributed by atoms with Crippen LogP contribution in [0.5, 0.6) is 0 Å². The summed E-state index contributed by atoms with van der Waals surface area (Å²) in [5.74, 6) is 0. The number of H-pyrrole nitrogens is 1. The number of nitrogens with zero attached hydrogens (tertiary/aromatic N) is 2. The summed E-state index contributed by atoms with van der Waals surface area (Å²) in [4.78, 5) is 20.2. The van der Waals surface area contributed by atoms with Gasteiger partial charge in [0.25, 0.3) is 5.56 Å². The number of aryl methyl sites for hydroxylation is 1. The van der Waals surface area contributed by atoms with Crippen molar-refractivity contribution in [3.63, 3.8) is 0 Å². The Balaban J connectivity index is 3.00. The van der Waals surface area contributed by atoms with Gasteiger partial charge in [-0.05, 0) is 35.8 Å². The topological polar surface area (TPSA) is 48.5 Å². The molecule has 0 aliphatic heterocycles. The molecule has 0 atom stereocenters. The highest BCUT2D eigenvalue weighted by Gasteiger charge is 2.01. The number of pyridine rings is 1. The van der Waals surface area contributed by atoms with E-state index in [4.69, 9.17) is 0 Å². The van der Waals surface area contributed by atoms with Crippen LogP contribution in [0.1, 0.15) is 12.6 Å². The second kappa shape index (κ2) is 5.11. The fourth-order valence-corrected chi connectivity index (χ4v) is 1.28. The molecule has 0 amide bonds. The number of hydrogen-bond donors (Lipinski definition) is 1. The Kier molecular flexibility index (Phi) is 4.08. The van der Waals surface area contributed by atoms with Crippen molar-refractivity contribution in [2.75, 3.05) is 13.6 Å². The molecular formula is C10H14BrN3O. The van der Waals surface area contributed by atoms with E-state index in [1.165, 1.54) is 0 Å². The molecule has 82 valence electrons.